The maximum Gasteiger partial charge on any atom is 0.191 e. The lowest BCUT2D eigenvalue weighted by Gasteiger charge is -2.19. The minimum absolute atomic E-state index is 0.338. The van der Waals surface area contributed by atoms with Gasteiger partial charge in [0, 0.05) is 44.9 Å². The number of nitrogens with one attached hydrogen (secondary N) is 2. The molecule has 2 aromatic rings. The molecule has 1 atom stereocenters. The van der Waals surface area contributed by atoms with Crippen molar-refractivity contribution in [3.63, 3.8) is 0 Å². The molecule has 0 aliphatic carbocycles. The first-order chi connectivity index (χ1) is 14.5. The normalized spacial score (nSPS) is 17.4. The van der Waals surface area contributed by atoms with E-state index in [1.165, 1.54) is 5.56 Å². The van der Waals surface area contributed by atoms with Crippen LogP contribution in [0, 0.1) is 0 Å². The summed E-state index contributed by atoms with van der Waals surface area (Å²) in [5, 5.41) is 10.9. The van der Waals surface area contributed by atoms with Crippen LogP contribution in [-0.4, -0.2) is 56.4 Å². The number of guanidine groups is 1. The highest BCUT2D eigenvalue weighted by Gasteiger charge is 2.23. The zero-order chi connectivity index (χ0) is 21.5. The topological polar surface area (TPSA) is 84.2 Å². The molecule has 1 unspecified atom stereocenters. The summed E-state index contributed by atoms with van der Waals surface area (Å²) in [7, 11) is 5.13. The van der Waals surface area contributed by atoms with Crippen molar-refractivity contribution in [2.45, 2.75) is 45.3 Å². The lowest BCUT2D eigenvalue weighted by Crippen LogP contribution is -2.44. The minimum atomic E-state index is 0.338. The Morgan fingerprint density at radius 1 is 1.23 bits per heavy atom. The second kappa shape index (κ2) is 10.3. The quantitative estimate of drug-likeness (QED) is 0.507. The lowest BCUT2D eigenvalue weighted by atomic mass is 10.1. The number of aliphatic imine (C=N–C) groups is 1. The van der Waals surface area contributed by atoms with Gasteiger partial charge in [0.05, 0.1) is 26.5 Å². The van der Waals surface area contributed by atoms with Crippen molar-refractivity contribution in [2.75, 3.05) is 34.4 Å². The molecule has 1 aliphatic rings. The Kier molecular flexibility index (Phi) is 7.57. The van der Waals surface area contributed by atoms with Gasteiger partial charge in [0.15, 0.2) is 11.7 Å². The van der Waals surface area contributed by atoms with E-state index < -0.39 is 0 Å². The fourth-order valence-electron chi connectivity index (χ4n) is 3.55. The Hall–Kier alpha value is -2.74. The van der Waals surface area contributed by atoms with Crippen LogP contribution in [0.5, 0.6) is 11.5 Å². The molecule has 1 aliphatic heterocycles. The number of likely N-dealkylation sites (tertiary alicyclic amines) is 1. The number of hydrogen-bond acceptors (Lipinski definition) is 6. The van der Waals surface area contributed by atoms with E-state index >= 15 is 0 Å². The summed E-state index contributed by atoms with van der Waals surface area (Å²) in [5.74, 6) is 3.56. The molecule has 1 aromatic heterocycles. The number of benzene rings is 1. The van der Waals surface area contributed by atoms with Crippen LogP contribution in [0.15, 0.2) is 33.8 Å². The van der Waals surface area contributed by atoms with Crippen LogP contribution in [0.1, 0.15) is 43.2 Å². The number of methoxy groups -OCH3 is 2. The smallest absolute Gasteiger partial charge is 0.191 e. The highest BCUT2D eigenvalue weighted by molar-refractivity contribution is 5.79. The predicted octanol–water partition coefficient (Wildman–Crippen LogP) is 2.75. The minimum Gasteiger partial charge on any atom is -0.497 e. The molecule has 0 radical (unpaired) electrons. The Bertz CT molecular complexity index is 827. The third-order valence-corrected chi connectivity index (χ3v) is 5.25. The molecule has 2 heterocycles. The van der Waals surface area contributed by atoms with Crippen molar-refractivity contribution in [3.8, 4) is 11.5 Å². The number of aromatic nitrogens is 1. The van der Waals surface area contributed by atoms with Crippen LogP contribution in [0.2, 0.25) is 0 Å². The van der Waals surface area contributed by atoms with Crippen molar-refractivity contribution in [3.05, 3.63) is 41.3 Å². The van der Waals surface area contributed by atoms with Crippen LogP contribution in [0.3, 0.4) is 0 Å². The van der Waals surface area contributed by atoms with Crippen molar-refractivity contribution >= 4 is 5.96 Å². The number of ether oxygens (including phenoxy) is 2. The molecular formula is C22H33N5O3. The summed E-state index contributed by atoms with van der Waals surface area (Å²) >= 11 is 0. The molecule has 1 aromatic carbocycles. The van der Waals surface area contributed by atoms with Crippen LogP contribution < -0.4 is 20.1 Å². The summed E-state index contributed by atoms with van der Waals surface area (Å²) in [6, 6.07) is 8.35. The zero-order valence-electron chi connectivity index (χ0n) is 18.6. The fraction of sp³-hybridized carbons (Fsp3) is 0.545. The zero-order valence-corrected chi connectivity index (χ0v) is 18.6. The first kappa shape index (κ1) is 22.0. The summed E-state index contributed by atoms with van der Waals surface area (Å²) in [6.07, 6.45) is 1.06. The predicted molar refractivity (Wildman–Crippen MR) is 117 cm³/mol. The van der Waals surface area contributed by atoms with E-state index in [2.05, 4.69) is 51.7 Å². The fourth-order valence-corrected chi connectivity index (χ4v) is 3.55. The molecule has 2 N–H and O–H groups in total. The van der Waals surface area contributed by atoms with Crippen molar-refractivity contribution < 1.29 is 14.0 Å². The summed E-state index contributed by atoms with van der Waals surface area (Å²) < 4.78 is 16.2. The van der Waals surface area contributed by atoms with Gasteiger partial charge in [-0.05, 0) is 30.0 Å². The van der Waals surface area contributed by atoms with E-state index in [1.54, 1.807) is 21.3 Å². The van der Waals surface area contributed by atoms with Gasteiger partial charge < -0.3 is 24.6 Å². The van der Waals surface area contributed by atoms with Gasteiger partial charge in [0.25, 0.3) is 0 Å². The average molecular weight is 416 g/mol. The van der Waals surface area contributed by atoms with Crippen LogP contribution in [0.4, 0.5) is 0 Å². The highest BCUT2D eigenvalue weighted by Crippen LogP contribution is 2.24. The molecule has 0 saturated carbocycles. The highest BCUT2D eigenvalue weighted by atomic mass is 16.5. The molecule has 30 heavy (non-hydrogen) atoms. The standard InChI is InChI=1S/C22H33N5O3/c1-15(2)21-11-20(30-26-21)12-24-22(23-3)25-17-6-7-27(14-17)13-16-8-18(28-4)10-19(9-16)29-5/h8-11,15,17H,6-7,12-14H2,1-5H3,(H2,23,24,25). The SMILES string of the molecule is CN=C(NCc1cc(C(C)C)no1)NC1CCN(Cc2cc(OC)cc(OC)c2)C1. The average Bonchev–Trinajstić information content (AvgIpc) is 3.40. The van der Waals surface area contributed by atoms with Crippen molar-refractivity contribution in [2.24, 2.45) is 4.99 Å². The largest absolute Gasteiger partial charge is 0.497 e. The summed E-state index contributed by atoms with van der Waals surface area (Å²) in [4.78, 5) is 6.76. The molecular weight excluding hydrogens is 382 g/mol. The third kappa shape index (κ3) is 5.89. The van der Waals surface area contributed by atoms with E-state index in [0.717, 1.165) is 55.0 Å². The summed E-state index contributed by atoms with van der Waals surface area (Å²) in [5.41, 5.74) is 2.15. The van der Waals surface area contributed by atoms with Gasteiger partial charge in [-0.2, -0.15) is 0 Å². The summed E-state index contributed by atoms with van der Waals surface area (Å²) in [6.45, 7) is 7.58. The van der Waals surface area contributed by atoms with Crippen LogP contribution in [-0.2, 0) is 13.1 Å². The third-order valence-electron chi connectivity index (χ3n) is 5.25. The molecule has 3 rings (SSSR count). The molecule has 0 spiro atoms. The first-order valence-corrected chi connectivity index (χ1v) is 10.4. The van der Waals surface area contributed by atoms with Gasteiger partial charge in [-0.25, -0.2) is 0 Å². The van der Waals surface area contributed by atoms with Gasteiger partial charge in [0.1, 0.15) is 11.5 Å². The molecule has 164 valence electrons. The van der Waals surface area contributed by atoms with Crippen molar-refractivity contribution in [1.82, 2.24) is 20.7 Å². The Morgan fingerprint density at radius 3 is 2.57 bits per heavy atom. The molecule has 0 bridgehead atoms. The number of rotatable bonds is 8. The van der Waals surface area contributed by atoms with E-state index in [-0.39, 0.29) is 0 Å². The molecule has 8 nitrogen and oxygen atoms in total. The Balaban J connectivity index is 1.49. The van der Waals surface area contributed by atoms with E-state index in [9.17, 15) is 0 Å². The first-order valence-electron chi connectivity index (χ1n) is 10.4. The van der Waals surface area contributed by atoms with Crippen LogP contribution in [0.25, 0.3) is 0 Å². The van der Waals surface area contributed by atoms with Gasteiger partial charge in [-0.3, -0.25) is 9.89 Å². The molecule has 1 saturated heterocycles. The van der Waals surface area contributed by atoms with Gasteiger partial charge in [0.2, 0.25) is 0 Å². The lowest BCUT2D eigenvalue weighted by molar-refractivity contribution is 0.321. The van der Waals surface area contributed by atoms with E-state index in [0.29, 0.717) is 18.5 Å². The van der Waals surface area contributed by atoms with Gasteiger partial charge >= 0.3 is 0 Å². The van der Waals surface area contributed by atoms with Gasteiger partial charge in [-0.15, -0.1) is 0 Å². The monoisotopic (exact) mass is 415 g/mol. The second-order valence-electron chi connectivity index (χ2n) is 7.88. The van der Waals surface area contributed by atoms with E-state index in [1.807, 2.05) is 12.1 Å². The molecule has 0 amide bonds. The van der Waals surface area contributed by atoms with Crippen LogP contribution >= 0.6 is 0 Å². The Morgan fingerprint density at radius 2 is 1.97 bits per heavy atom. The molecule has 8 heteroatoms. The van der Waals surface area contributed by atoms with Crippen molar-refractivity contribution in [1.29, 1.82) is 0 Å². The maximum absolute atomic E-state index is 5.39. The van der Waals surface area contributed by atoms with E-state index in [4.69, 9.17) is 14.0 Å². The molecule has 1 fully saturated rings. The number of nitrogens with zero attached hydrogens (tertiary/aromatic N) is 3. The second-order valence-corrected chi connectivity index (χ2v) is 7.88. The number of hydrogen-bond donors (Lipinski definition) is 2. The Labute approximate surface area is 178 Å². The van der Waals surface area contributed by atoms with Gasteiger partial charge in [-0.1, -0.05) is 19.0 Å². The maximum atomic E-state index is 5.39.